The Balaban J connectivity index is 2.35. The summed E-state index contributed by atoms with van der Waals surface area (Å²) >= 11 is 0. The van der Waals surface area contributed by atoms with Crippen LogP contribution in [0.3, 0.4) is 0 Å². The third kappa shape index (κ3) is 3.91. The van der Waals surface area contributed by atoms with Gasteiger partial charge in [-0.05, 0) is 32.3 Å². The maximum atomic E-state index is 12.5. The van der Waals surface area contributed by atoms with Crippen LogP contribution in [0.1, 0.15) is 38.3 Å². The SMILES string of the molecule is CCOC(=O)[C@@H]1[C@@H](CO)CC[C@@H](CO)N1[C@H](C)c1ccccc1. The van der Waals surface area contributed by atoms with Crippen molar-refractivity contribution in [1.29, 1.82) is 0 Å². The molecule has 0 spiro atoms. The average Bonchev–Trinajstić information content (AvgIpc) is 2.60. The molecule has 1 aromatic carbocycles. The molecule has 0 radical (unpaired) electrons. The zero-order valence-corrected chi connectivity index (χ0v) is 13.9. The van der Waals surface area contributed by atoms with Gasteiger partial charge in [0, 0.05) is 24.6 Å². The van der Waals surface area contributed by atoms with E-state index in [-0.39, 0.29) is 37.2 Å². The number of piperidine rings is 1. The molecule has 0 amide bonds. The lowest BCUT2D eigenvalue weighted by atomic mass is 9.84. The zero-order valence-electron chi connectivity index (χ0n) is 13.9. The Hall–Kier alpha value is -1.43. The van der Waals surface area contributed by atoms with Crippen LogP contribution in [0, 0.1) is 5.92 Å². The first kappa shape index (κ1) is 17.9. The van der Waals surface area contributed by atoms with E-state index in [4.69, 9.17) is 4.74 Å². The predicted molar refractivity (Wildman–Crippen MR) is 87.8 cm³/mol. The van der Waals surface area contributed by atoms with Crippen LogP contribution in [0.15, 0.2) is 30.3 Å². The number of ether oxygens (including phenoxy) is 1. The first-order chi connectivity index (χ1) is 11.1. The molecule has 2 N–H and O–H groups in total. The van der Waals surface area contributed by atoms with Crippen LogP contribution in [-0.4, -0.2) is 53.0 Å². The molecule has 0 unspecified atom stereocenters. The van der Waals surface area contributed by atoms with Crippen molar-refractivity contribution >= 4 is 5.97 Å². The minimum atomic E-state index is -0.527. The second-order valence-corrected chi connectivity index (χ2v) is 6.09. The molecule has 0 aliphatic carbocycles. The van der Waals surface area contributed by atoms with Gasteiger partial charge in [0.2, 0.25) is 0 Å². The van der Waals surface area contributed by atoms with E-state index in [1.54, 1.807) is 6.92 Å². The highest BCUT2D eigenvalue weighted by Crippen LogP contribution is 2.35. The normalized spacial score (nSPS) is 26.7. The van der Waals surface area contributed by atoms with Crippen LogP contribution in [-0.2, 0) is 9.53 Å². The van der Waals surface area contributed by atoms with Crippen molar-refractivity contribution in [3.8, 4) is 0 Å². The van der Waals surface area contributed by atoms with E-state index in [9.17, 15) is 15.0 Å². The molecular weight excluding hydrogens is 294 g/mol. The van der Waals surface area contributed by atoms with Gasteiger partial charge < -0.3 is 14.9 Å². The second-order valence-electron chi connectivity index (χ2n) is 6.09. The van der Waals surface area contributed by atoms with Gasteiger partial charge in [-0.1, -0.05) is 30.3 Å². The third-order valence-corrected chi connectivity index (χ3v) is 4.76. The van der Waals surface area contributed by atoms with Gasteiger partial charge in [-0.3, -0.25) is 9.69 Å². The summed E-state index contributed by atoms with van der Waals surface area (Å²) < 4.78 is 5.25. The topological polar surface area (TPSA) is 70.0 Å². The molecule has 1 aliphatic heterocycles. The number of aliphatic hydroxyl groups excluding tert-OH is 2. The Kier molecular flexibility index (Phi) is 6.57. The van der Waals surface area contributed by atoms with E-state index in [2.05, 4.69) is 0 Å². The lowest BCUT2D eigenvalue weighted by Gasteiger charge is -2.47. The molecule has 1 heterocycles. The van der Waals surface area contributed by atoms with E-state index in [1.165, 1.54) is 0 Å². The lowest BCUT2D eigenvalue weighted by Crippen LogP contribution is -2.57. The highest BCUT2D eigenvalue weighted by molar-refractivity contribution is 5.76. The molecule has 1 aliphatic rings. The number of rotatable bonds is 6. The van der Waals surface area contributed by atoms with E-state index in [0.29, 0.717) is 13.0 Å². The van der Waals surface area contributed by atoms with Crippen LogP contribution >= 0.6 is 0 Å². The molecule has 1 saturated heterocycles. The lowest BCUT2D eigenvalue weighted by molar-refractivity contribution is -0.159. The van der Waals surface area contributed by atoms with Crippen LogP contribution in [0.25, 0.3) is 0 Å². The van der Waals surface area contributed by atoms with Gasteiger partial charge in [-0.2, -0.15) is 0 Å². The first-order valence-corrected chi connectivity index (χ1v) is 8.34. The predicted octanol–water partition coefficient (Wildman–Crippen LogP) is 1.74. The highest BCUT2D eigenvalue weighted by atomic mass is 16.5. The molecular formula is C18H27NO4. The number of benzene rings is 1. The van der Waals surface area contributed by atoms with Gasteiger partial charge in [-0.25, -0.2) is 0 Å². The average molecular weight is 321 g/mol. The number of likely N-dealkylation sites (tertiary alicyclic amines) is 1. The number of nitrogens with zero attached hydrogens (tertiary/aromatic N) is 1. The van der Waals surface area contributed by atoms with Crippen molar-refractivity contribution < 1.29 is 19.7 Å². The van der Waals surface area contributed by atoms with Crippen LogP contribution in [0.5, 0.6) is 0 Å². The summed E-state index contributed by atoms with van der Waals surface area (Å²) in [5.41, 5.74) is 1.08. The smallest absolute Gasteiger partial charge is 0.323 e. The Morgan fingerprint density at radius 3 is 2.52 bits per heavy atom. The maximum Gasteiger partial charge on any atom is 0.323 e. The van der Waals surface area contributed by atoms with Crippen molar-refractivity contribution in [1.82, 2.24) is 4.90 Å². The molecule has 0 bridgehead atoms. The van der Waals surface area contributed by atoms with Crippen molar-refractivity contribution in [2.45, 2.75) is 44.8 Å². The van der Waals surface area contributed by atoms with Gasteiger partial charge in [0.25, 0.3) is 0 Å². The van der Waals surface area contributed by atoms with E-state index in [0.717, 1.165) is 12.0 Å². The quantitative estimate of drug-likeness (QED) is 0.781. The molecule has 4 atom stereocenters. The summed E-state index contributed by atoms with van der Waals surface area (Å²) in [5, 5.41) is 19.5. The van der Waals surface area contributed by atoms with Crippen molar-refractivity contribution in [2.24, 2.45) is 5.92 Å². The number of hydrogen-bond acceptors (Lipinski definition) is 5. The van der Waals surface area contributed by atoms with Crippen LogP contribution < -0.4 is 0 Å². The summed E-state index contributed by atoms with van der Waals surface area (Å²) in [6.45, 7) is 4.06. The van der Waals surface area contributed by atoms with Crippen molar-refractivity contribution in [3.63, 3.8) is 0 Å². The zero-order chi connectivity index (χ0) is 16.8. The van der Waals surface area contributed by atoms with E-state index in [1.807, 2.05) is 42.2 Å². The highest BCUT2D eigenvalue weighted by Gasteiger charge is 2.44. The Morgan fingerprint density at radius 2 is 1.96 bits per heavy atom. The largest absolute Gasteiger partial charge is 0.465 e. The fraction of sp³-hybridized carbons (Fsp3) is 0.611. The monoisotopic (exact) mass is 321 g/mol. The Labute approximate surface area is 137 Å². The molecule has 5 heteroatoms. The van der Waals surface area contributed by atoms with E-state index >= 15 is 0 Å². The Bertz CT molecular complexity index is 493. The van der Waals surface area contributed by atoms with Gasteiger partial charge in [-0.15, -0.1) is 0 Å². The van der Waals surface area contributed by atoms with Crippen molar-refractivity contribution in [3.05, 3.63) is 35.9 Å². The summed E-state index contributed by atoms with van der Waals surface area (Å²) in [5.74, 6) is -0.476. The summed E-state index contributed by atoms with van der Waals surface area (Å²) in [6, 6.07) is 9.24. The molecule has 1 fully saturated rings. The molecule has 5 nitrogen and oxygen atoms in total. The number of carbonyl (C=O) groups excluding carboxylic acids is 1. The number of hydrogen-bond donors (Lipinski definition) is 2. The molecule has 0 aromatic heterocycles. The second kappa shape index (κ2) is 8.43. The fourth-order valence-electron chi connectivity index (χ4n) is 3.56. The van der Waals surface area contributed by atoms with E-state index < -0.39 is 6.04 Å². The molecule has 128 valence electrons. The van der Waals surface area contributed by atoms with Gasteiger partial charge in [0.05, 0.1) is 13.2 Å². The maximum absolute atomic E-state index is 12.5. The summed E-state index contributed by atoms with van der Waals surface area (Å²) in [4.78, 5) is 14.5. The van der Waals surface area contributed by atoms with Gasteiger partial charge in [0.15, 0.2) is 0 Å². The number of carbonyl (C=O) groups is 1. The number of aliphatic hydroxyl groups is 2. The molecule has 1 aromatic rings. The Morgan fingerprint density at radius 1 is 1.26 bits per heavy atom. The van der Waals surface area contributed by atoms with Gasteiger partial charge in [0.1, 0.15) is 6.04 Å². The first-order valence-electron chi connectivity index (χ1n) is 8.34. The van der Waals surface area contributed by atoms with Gasteiger partial charge >= 0.3 is 5.97 Å². The fourth-order valence-corrected chi connectivity index (χ4v) is 3.56. The van der Waals surface area contributed by atoms with Crippen LogP contribution in [0.2, 0.25) is 0 Å². The number of esters is 1. The molecule has 2 rings (SSSR count). The standard InChI is InChI=1S/C18H27NO4/c1-3-23-18(22)17-15(11-20)9-10-16(12-21)19(17)13(2)14-7-5-4-6-8-14/h4-8,13,15-17,20-21H,3,9-12H2,1-2H3/t13-,15-,16+,17+/m1/s1. The molecule has 0 saturated carbocycles. The minimum Gasteiger partial charge on any atom is -0.465 e. The summed E-state index contributed by atoms with van der Waals surface area (Å²) in [6.07, 6.45) is 1.47. The third-order valence-electron chi connectivity index (χ3n) is 4.76. The minimum absolute atomic E-state index is 0.00870. The molecule has 23 heavy (non-hydrogen) atoms. The summed E-state index contributed by atoms with van der Waals surface area (Å²) in [7, 11) is 0. The van der Waals surface area contributed by atoms with Crippen molar-refractivity contribution in [2.75, 3.05) is 19.8 Å². The van der Waals surface area contributed by atoms with Crippen LogP contribution in [0.4, 0.5) is 0 Å².